The Balaban J connectivity index is 4.24. The maximum atomic E-state index is 12.9. The maximum absolute atomic E-state index is 12.9. The summed E-state index contributed by atoms with van der Waals surface area (Å²) in [4.78, 5) is 37.5. The Morgan fingerprint density at radius 3 is 0.941 bits per heavy atom. The predicted octanol–water partition coefficient (Wildman–Crippen LogP) is 19.6. The van der Waals surface area contributed by atoms with Gasteiger partial charge < -0.3 is 33.3 Å². The third-order valence-electron chi connectivity index (χ3n) is 13.8. The zero-order valence-corrected chi connectivity index (χ0v) is 54.7. The first kappa shape index (κ1) is 79.9. The monoisotopic (exact) mass is 1180 g/mol. The molecular formula is C76H123NO8. The highest BCUT2D eigenvalue weighted by Crippen LogP contribution is 2.16. The molecule has 480 valence electrons. The highest BCUT2D eigenvalue weighted by Gasteiger charge is 2.22. The Morgan fingerprint density at radius 2 is 0.635 bits per heavy atom. The fourth-order valence-electron chi connectivity index (χ4n) is 8.70. The van der Waals surface area contributed by atoms with E-state index in [4.69, 9.17) is 18.9 Å². The van der Waals surface area contributed by atoms with Gasteiger partial charge in [0, 0.05) is 12.8 Å². The number of nitrogens with zero attached hydrogens (tertiary/aromatic N) is 1. The lowest BCUT2D eigenvalue weighted by atomic mass is 10.0. The summed E-state index contributed by atoms with van der Waals surface area (Å²) < 4.78 is 22.8. The summed E-state index contributed by atoms with van der Waals surface area (Å²) in [6.07, 6.45) is 93.0. The van der Waals surface area contributed by atoms with Crippen molar-refractivity contribution in [1.82, 2.24) is 0 Å². The number of carbonyl (C=O) groups is 3. The van der Waals surface area contributed by atoms with Gasteiger partial charge in [0.2, 0.25) is 0 Å². The van der Waals surface area contributed by atoms with Crippen molar-refractivity contribution in [3.63, 3.8) is 0 Å². The molecule has 0 aliphatic carbocycles. The molecule has 0 aromatic heterocycles. The van der Waals surface area contributed by atoms with Crippen LogP contribution >= 0.6 is 0 Å². The van der Waals surface area contributed by atoms with Crippen LogP contribution in [0, 0.1) is 0 Å². The Labute approximate surface area is 521 Å². The SMILES string of the molecule is CC/C=C\C/C=C\C/C=C\C/C=C\C/C=C\C/C=C\C/C=C\C/C=C\CCCCCCCCC(=O)OC(COC(=O)CCCCCCCCCCCCCCC/C=C\C/C=C\C/C=C\C/C=C\C/C=C\CC)COC(OCC[N+](C)(C)C)C(=O)[O-]. The third-order valence-corrected chi connectivity index (χ3v) is 13.8. The van der Waals surface area contributed by atoms with Gasteiger partial charge in [-0.25, -0.2) is 0 Å². The molecule has 0 N–H and O–H groups in total. The molecule has 0 rings (SSSR count). The lowest BCUT2D eigenvalue weighted by molar-refractivity contribution is -0.870. The number of hydrogen-bond donors (Lipinski definition) is 0. The Bertz CT molecular complexity index is 1950. The van der Waals surface area contributed by atoms with Gasteiger partial charge in [0.05, 0.1) is 40.3 Å². The third kappa shape index (κ3) is 66.3. The molecule has 0 aromatic carbocycles. The first-order valence-electron chi connectivity index (χ1n) is 33.6. The molecule has 0 aliphatic rings. The number of aliphatic carboxylic acids is 1. The molecule has 0 bridgehead atoms. The Morgan fingerprint density at radius 1 is 0.353 bits per heavy atom. The van der Waals surface area contributed by atoms with Crippen molar-refractivity contribution in [3.8, 4) is 0 Å². The van der Waals surface area contributed by atoms with Crippen LogP contribution in [0.2, 0.25) is 0 Å². The Kier molecular flexibility index (Phi) is 61.0. The van der Waals surface area contributed by atoms with Crippen LogP contribution < -0.4 is 5.11 Å². The summed E-state index contributed by atoms with van der Waals surface area (Å²) in [7, 11) is 5.91. The number of allylic oxidation sites excluding steroid dienone is 26. The lowest BCUT2D eigenvalue weighted by Gasteiger charge is -2.26. The van der Waals surface area contributed by atoms with E-state index < -0.39 is 24.3 Å². The van der Waals surface area contributed by atoms with Gasteiger partial charge in [0.1, 0.15) is 13.2 Å². The van der Waals surface area contributed by atoms with Crippen LogP contribution in [0.3, 0.4) is 0 Å². The zero-order valence-electron chi connectivity index (χ0n) is 54.7. The number of ether oxygens (including phenoxy) is 4. The van der Waals surface area contributed by atoms with Crippen LogP contribution in [-0.2, 0) is 33.3 Å². The largest absolute Gasteiger partial charge is 0.545 e. The number of unbranched alkanes of at least 4 members (excludes halogenated alkanes) is 19. The van der Waals surface area contributed by atoms with Gasteiger partial charge in [0.15, 0.2) is 12.4 Å². The van der Waals surface area contributed by atoms with Crippen LogP contribution in [0.15, 0.2) is 158 Å². The van der Waals surface area contributed by atoms with E-state index in [9.17, 15) is 19.5 Å². The van der Waals surface area contributed by atoms with Crippen molar-refractivity contribution in [1.29, 1.82) is 0 Å². The molecule has 9 heteroatoms. The fraction of sp³-hybridized carbons (Fsp3) is 0.618. The van der Waals surface area contributed by atoms with E-state index in [2.05, 4.69) is 172 Å². The number of rotatable bonds is 60. The molecule has 0 heterocycles. The molecule has 85 heavy (non-hydrogen) atoms. The van der Waals surface area contributed by atoms with Gasteiger partial charge in [0.25, 0.3) is 0 Å². The molecule has 2 unspecified atom stereocenters. The van der Waals surface area contributed by atoms with E-state index >= 15 is 0 Å². The topological polar surface area (TPSA) is 111 Å². The van der Waals surface area contributed by atoms with E-state index in [1.165, 1.54) is 70.6 Å². The molecule has 0 aliphatic heterocycles. The van der Waals surface area contributed by atoms with Gasteiger partial charge in [-0.1, -0.05) is 268 Å². The van der Waals surface area contributed by atoms with E-state index in [0.29, 0.717) is 17.4 Å². The summed E-state index contributed by atoms with van der Waals surface area (Å²) in [5.41, 5.74) is 0. The number of hydrogen-bond acceptors (Lipinski definition) is 8. The normalized spacial score (nSPS) is 13.8. The average molecular weight is 1180 g/mol. The standard InChI is InChI=1S/C76H123NO8/c1-6-8-10-12-14-16-18-20-22-24-26-28-30-32-34-36-37-39-41-43-45-47-49-51-53-55-57-59-61-63-65-67-74(79)85-72(71-84-76(75(80)81)82-69-68-77(3,4)5)70-83-73(78)66-64-62-60-58-56-54-52-50-48-46-44-42-40-38-35-33-31-29-27-25-23-21-19-17-15-13-11-9-7-2/h8-11,14-17,20-23,26-29,32-35,37,39,43,45,49,51,72,76H,6-7,12-13,18-19,24-25,30-31,36,38,40-42,44,46-48,50,52-71H2,1-5H3/b10-8-,11-9-,16-14-,17-15-,22-20-,23-21-,28-26-,29-27-,34-32-,35-33-,39-37-,45-43-,51-49-. The minimum Gasteiger partial charge on any atom is -0.545 e. The maximum Gasteiger partial charge on any atom is 0.306 e. The number of carboxylic acids is 1. The van der Waals surface area contributed by atoms with Gasteiger partial charge in [-0.15, -0.1) is 0 Å². The predicted molar refractivity (Wildman–Crippen MR) is 361 cm³/mol. The summed E-state index contributed by atoms with van der Waals surface area (Å²) in [6, 6.07) is 0. The molecule has 2 atom stereocenters. The molecule has 9 nitrogen and oxygen atoms in total. The molecular weight excluding hydrogens is 1050 g/mol. The van der Waals surface area contributed by atoms with Crippen LogP contribution in [0.25, 0.3) is 0 Å². The molecule has 0 radical (unpaired) electrons. The molecule has 0 aromatic rings. The van der Waals surface area contributed by atoms with Crippen molar-refractivity contribution in [3.05, 3.63) is 158 Å². The van der Waals surface area contributed by atoms with Crippen molar-refractivity contribution in [2.45, 2.75) is 257 Å². The number of carboxylic acid groups (broad SMARTS) is 1. The summed E-state index contributed by atoms with van der Waals surface area (Å²) in [6.45, 7) is 4.49. The van der Waals surface area contributed by atoms with Crippen molar-refractivity contribution in [2.75, 3.05) is 47.5 Å². The first-order chi connectivity index (χ1) is 41.6. The van der Waals surface area contributed by atoms with Crippen LogP contribution in [0.5, 0.6) is 0 Å². The number of likely N-dealkylation sites (N-methyl/N-ethyl adjacent to an activating group) is 1. The van der Waals surface area contributed by atoms with Crippen molar-refractivity contribution < 1.29 is 42.9 Å². The van der Waals surface area contributed by atoms with E-state index in [-0.39, 0.29) is 38.6 Å². The molecule has 0 saturated carbocycles. The van der Waals surface area contributed by atoms with Gasteiger partial charge in [-0.3, -0.25) is 9.59 Å². The van der Waals surface area contributed by atoms with Crippen molar-refractivity contribution in [2.24, 2.45) is 0 Å². The second-order valence-corrected chi connectivity index (χ2v) is 23.0. The minimum absolute atomic E-state index is 0.136. The number of quaternary nitrogens is 1. The number of carbonyl (C=O) groups excluding carboxylic acids is 3. The molecule has 0 spiro atoms. The summed E-state index contributed by atoms with van der Waals surface area (Å²) in [5, 5.41) is 11.8. The van der Waals surface area contributed by atoms with Crippen molar-refractivity contribution >= 4 is 17.9 Å². The molecule has 0 fully saturated rings. The van der Waals surface area contributed by atoms with Crippen LogP contribution in [-0.4, -0.2) is 82.3 Å². The van der Waals surface area contributed by atoms with Gasteiger partial charge in [-0.2, -0.15) is 0 Å². The second kappa shape index (κ2) is 64.9. The van der Waals surface area contributed by atoms with E-state index in [1.54, 1.807) is 0 Å². The summed E-state index contributed by atoms with van der Waals surface area (Å²) in [5.74, 6) is -2.32. The molecule has 0 saturated heterocycles. The fourth-order valence-corrected chi connectivity index (χ4v) is 8.70. The average Bonchev–Trinajstić information content (AvgIpc) is 3.49. The molecule has 0 amide bonds. The summed E-state index contributed by atoms with van der Waals surface area (Å²) >= 11 is 0. The van der Waals surface area contributed by atoms with Crippen LogP contribution in [0.4, 0.5) is 0 Å². The lowest BCUT2D eigenvalue weighted by Crippen LogP contribution is -2.44. The quantitative estimate of drug-likeness (QED) is 0.0195. The van der Waals surface area contributed by atoms with Gasteiger partial charge >= 0.3 is 11.9 Å². The van der Waals surface area contributed by atoms with Crippen LogP contribution in [0.1, 0.15) is 245 Å². The smallest absolute Gasteiger partial charge is 0.306 e. The minimum atomic E-state index is -1.64. The first-order valence-corrected chi connectivity index (χ1v) is 33.6. The highest BCUT2D eigenvalue weighted by molar-refractivity contribution is 5.70. The van der Waals surface area contributed by atoms with Gasteiger partial charge in [-0.05, 0) is 122 Å². The Hall–Kier alpha value is -5.09. The van der Waals surface area contributed by atoms with E-state index in [1.807, 2.05) is 21.1 Å². The number of esters is 2. The second-order valence-electron chi connectivity index (χ2n) is 23.0. The highest BCUT2D eigenvalue weighted by atomic mass is 16.7. The zero-order chi connectivity index (χ0) is 61.9. The van der Waals surface area contributed by atoms with E-state index in [0.717, 1.165) is 141 Å².